The molecule has 1 heterocycles. The number of hydrogen-bond acceptors (Lipinski definition) is 3. The number of nitrogens with two attached hydrogens (primary N) is 1. The number of hydrogen-bond donors (Lipinski definition) is 2. The minimum Gasteiger partial charge on any atom is -0.496 e. The van der Waals surface area contributed by atoms with Crippen LogP contribution in [0.5, 0.6) is 0 Å². The summed E-state index contributed by atoms with van der Waals surface area (Å²) in [4.78, 5) is 11.3. The van der Waals surface area contributed by atoms with E-state index in [4.69, 9.17) is 10.6 Å². The maximum Gasteiger partial charge on any atom is 0.268 e. The third-order valence-electron chi connectivity index (χ3n) is 2.12. The van der Waals surface area contributed by atoms with Crippen LogP contribution >= 0.6 is 0 Å². The van der Waals surface area contributed by atoms with Crippen molar-refractivity contribution in [1.29, 1.82) is 0 Å². The highest BCUT2D eigenvalue weighted by Gasteiger charge is 2.18. The van der Waals surface area contributed by atoms with Gasteiger partial charge in [0.05, 0.1) is 11.8 Å². The summed E-state index contributed by atoms with van der Waals surface area (Å²) in [7, 11) is 0. The van der Waals surface area contributed by atoms with E-state index in [1.807, 2.05) is 24.3 Å². The summed E-state index contributed by atoms with van der Waals surface area (Å²) >= 11 is 0. The first kappa shape index (κ1) is 8.77. The number of nitrogens with one attached hydrogen (secondary N) is 1. The molecule has 0 atom stereocenters. The summed E-state index contributed by atoms with van der Waals surface area (Å²) in [5.41, 5.74) is 4.43. The number of rotatable bonds is 1. The molecule has 0 aromatic heterocycles. The third kappa shape index (κ3) is 1.36. The van der Waals surface area contributed by atoms with E-state index in [0.29, 0.717) is 12.2 Å². The van der Waals surface area contributed by atoms with Gasteiger partial charge in [-0.2, -0.15) is 0 Å². The van der Waals surface area contributed by atoms with E-state index in [9.17, 15) is 4.79 Å². The van der Waals surface area contributed by atoms with E-state index >= 15 is 0 Å². The van der Waals surface area contributed by atoms with Crippen molar-refractivity contribution in [3.05, 3.63) is 41.7 Å². The zero-order valence-electron chi connectivity index (χ0n) is 7.49. The molecular weight excluding hydrogens is 180 g/mol. The topological polar surface area (TPSA) is 64.3 Å². The van der Waals surface area contributed by atoms with Crippen molar-refractivity contribution in [3.8, 4) is 0 Å². The fourth-order valence-corrected chi connectivity index (χ4v) is 1.44. The quantitative estimate of drug-likeness (QED) is 0.386. The van der Waals surface area contributed by atoms with Gasteiger partial charge in [-0.05, 0) is 11.1 Å². The Balaban J connectivity index is 2.45. The van der Waals surface area contributed by atoms with Crippen molar-refractivity contribution >= 4 is 11.5 Å². The van der Waals surface area contributed by atoms with Crippen molar-refractivity contribution < 1.29 is 9.53 Å². The lowest BCUT2D eigenvalue weighted by Crippen LogP contribution is -2.31. The van der Waals surface area contributed by atoms with E-state index < -0.39 is 0 Å². The molecule has 72 valence electrons. The molecular formula is C10H10N2O2. The first-order valence-corrected chi connectivity index (χ1v) is 4.24. The van der Waals surface area contributed by atoms with Gasteiger partial charge in [0.25, 0.3) is 5.91 Å². The van der Waals surface area contributed by atoms with Gasteiger partial charge in [0.15, 0.2) is 0 Å². The highest BCUT2D eigenvalue weighted by molar-refractivity contribution is 6.19. The Morgan fingerprint density at radius 2 is 2.21 bits per heavy atom. The van der Waals surface area contributed by atoms with Crippen LogP contribution in [-0.4, -0.2) is 5.91 Å². The second-order valence-electron chi connectivity index (χ2n) is 2.97. The van der Waals surface area contributed by atoms with Gasteiger partial charge in [-0.25, -0.2) is 5.84 Å². The lowest BCUT2D eigenvalue weighted by Gasteiger charge is -2.16. The largest absolute Gasteiger partial charge is 0.496 e. The van der Waals surface area contributed by atoms with Gasteiger partial charge in [0.2, 0.25) is 0 Å². The third-order valence-corrected chi connectivity index (χ3v) is 2.12. The van der Waals surface area contributed by atoms with Crippen LogP contribution < -0.4 is 11.3 Å². The molecule has 1 amide bonds. The van der Waals surface area contributed by atoms with Crippen molar-refractivity contribution in [1.82, 2.24) is 5.43 Å². The molecule has 1 aromatic rings. The Hall–Kier alpha value is -1.81. The monoisotopic (exact) mass is 190 g/mol. The Bertz CT molecular complexity index is 399. The zero-order valence-corrected chi connectivity index (χ0v) is 7.49. The van der Waals surface area contributed by atoms with Crippen LogP contribution in [0.2, 0.25) is 0 Å². The van der Waals surface area contributed by atoms with Gasteiger partial charge in [0.1, 0.15) is 6.61 Å². The van der Waals surface area contributed by atoms with Crippen molar-refractivity contribution in [3.63, 3.8) is 0 Å². The van der Waals surface area contributed by atoms with E-state index in [1.165, 1.54) is 6.26 Å². The predicted octanol–water partition coefficient (Wildman–Crippen LogP) is 0.548. The molecule has 1 aliphatic rings. The second-order valence-corrected chi connectivity index (χ2v) is 2.97. The summed E-state index contributed by atoms with van der Waals surface area (Å²) in [6, 6.07) is 7.58. The molecule has 0 saturated heterocycles. The first-order chi connectivity index (χ1) is 6.83. The minimum atomic E-state index is -0.336. The van der Waals surface area contributed by atoms with Gasteiger partial charge in [-0.15, -0.1) is 0 Å². The summed E-state index contributed by atoms with van der Waals surface area (Å²) in [5, 5.41) is 0. The lowest BCUT2D eigenvalue weighted by molar-refractivity contribution is -0.115. The summed E-state index contributed by atoms with van der Waals surface area (Å²) in [6.07, 6.45) is 1.44. The van der Waals surface area contributed by atoms with Crippen molar-refractivity contribution in [2.75, 3.05) is 0 Å². The SMILES string of the molecule is NNC(=O)C1=COCc2ccccc21. The summed E-state index contributed by atoms with van der Waals surface area (Å²) in [6.45, 7) is 0.498. The number of carbonyl (C=O) groups is 1. The fourth-order valence-electron chi connectivity index (χ4n) is 1.44. The second kappa shape index (κ2) is 3.51. The molecule has 0 saturated carbocycles. The number of benzene rings is 1. The molecule has 0 fully saturated rings. The predicted molar refractivity (Wildman–Crippen MR) is 51.5 cm³/mol. The van der Waals surface area contributed by atoms with Gasteiger partial charge in [-0.3, -0.25) is 10.2 Å². The maximum atomic E-state index is 11.3. The standard InChI is InChI=1S/C10H10N2O2/c11-12-10(13)9-6-14-5-7-3-1-2-4-8(7)9/h1-4,6H,5,11H2,(H,12,13). The highest BCUT2D eigenvalue weighted by atomic mass is 16.5. The van der Waals surface area contributed by atoms with Crippen molar-refractivity contribution in [2.45, 2.75) is 6.61 Å². The molecule has 2 rings (SSSR count). The molecule has 3 N–H and O–H groups in total. The van der Waals surface area contributed by atoms with Crippen LogP contribution in [0, 0.1) is 0 Å². The number of hydrazine groups is 1. The Morgan fingerprint density at radius 3 is 3.00 bits per heavy atom. The first-order valence-electron chi connectivity index (χ1n) is 4.24. The van der Waals surface area contributed by atoms with Crippen LogP contribution in [0.15, 0.2) is 30.5 Å². The average Bonchev–Trinajstić information content (AvgIpc) is 2.27. The number of amides is 1. The summed E-state index contributed by atoms with van der Waals surface area (Å²) in [5.74, 6) is 4.73. The van der Waals surface area contributed by atoms with E-state index in [1.54, 1.807) is 0 Å². The molecule has 0 bridgehead atoms. The van der Waals surface area contributed by atoms with E-state index in [0.717, 1.165) is 11.1 Å². The highest BCUT2D eigenvalue weighted by Crippen LogP contribution is 2.24. The zero-order chi connectivity index (χ0) is 9.97. The van der Waals surface area contributed by atoms with Gasteiger partial charge in [0, 0.05) is 0 Å². The van der Waals surface area contributed by atoms with E-state index in [-0.39, 0.29) is 5.91 Å². The van der Waals surface area contributed by atoms with Gasteiger partial charge >= 0.3 is 0 Å². The minimum absolute atomic E-state index is 0.336. The Kier molecular flexibility index (Phi) is 2.20. The molecule has 0 unspecified atom stereocenters. The molecule has 1 aromatic carbocycles. The average molecular weight is 190 g/mol. The van der Waals surface area contributed by atoms with Crippen LogP contribution in [-0.2, 0) is 16.1 Å². The molecule has 0 spiro atoms. The molecule has 1 aliphatic heterocycles. The molecule has 4 nitrogen and oxygen atoms in total. The van der Waals surface area contributed by atoms with Crippen molar-refractivity contribution in [2.24, 2.45) is 5.84 Å². The molecule has 0 aliphatic carbocycles. The van der Waals surface area contributed by atoms with Gasteiger partial charge in [-0.1, -0.05) is 24.3 Å². The Morgan fingerprint density at radius 1 is 1.43 bits per heavy atom. The summed E-state index contributed by atoms with van der Waals surface area (Å²) < 4.78 is 5.15. The smallest absolute Gasteiger partial charge is 0.268 e. The van der Waals surface area contributed by atoms with Crippen LogP contribution in [0.3, 0.4) is 0 Å². The molecule has 0 radical (unpaired) electrons. The fraction of sp³-hybridized carbons (Fsp3) is 0.100. The number of fused-ring (bicyclic) bond motifs is 1. The Labute approximate surface area is 81.3 Å². The van der Waals surface area contributed by atoms with Crippen LogP contribution in [0.4, 0.5) is 0 Å². The van der Waals surface area contributed by atoms with E-state index in [2.05, 4.69) is 5.43 Å². The lowest BCUT2D eigenvalue weighted by atomic mass is 9.99. The number of carbonyl (C=O) groups excluding carboxylic acids is 1. The maximum absolute atomic E-state index is 11.3. The molecule has 4 heteroatoms. The normalized spacial score (nSPS) is 13.6. The molecule has 14 heavy (non-hydrogen) atoms. The van der Waals surface area contributed by atoms with Crippen LogP contribution in [0.25, 0.3) is 5.57 Å². The number of ether oxygens (including phenoxy) is 1. The van der Waals surface area contributed by atoms with Crippen LogP contribution in [0.1, 0.15) is 11.1 Å². The van der Waals surface area contributed by atoms with Gasteiger partial charge < -0.3 is 4.74 Å².